The SMILES string of the molecule is O=C(O)CCSOCC(CO)(CO)CO. The third-order valence-electron chi connectivity index (χ3n) is 1.85. The van der Waals surface area contributed by atoms with Gasteiger partial charge in [-0.15, -0.1) is 0 Å². The zero-order valence-electron chi connectivity index (χ0n) is 8.26. The Balaban J connectivity index is 3.67. The zero-order valence-corrected chi connectivity index (χ0v) is 9.07. The summed E-state index contributed by atoms with van der Waals surface area (Å²) in [6.45, 7) is -1.20. The molecule has 0 unspecified atom stereocenters. The lowest BCUT2D eigenvalue weighted by molar-refractivity contribution is -0.136. The molecule has 0 amide bonds. The van der Waals surface area contributed by atoms with E-state index in [1.807, 2.05) is 0 Å². The van der Waals surface area contributed by atoms with Gasteiger partial charge >= 0.3 is 5.97 Å². The highest BCUT2D eigenvalue weighted by molar-refractivity contribution is 7.94. The fourth-order valence-electron chi connectivity index (χ4n) is 0.641. The van der Waals surface area contributed by atoms with Crippen LogP contribution in [-0.4, -0.2) is 58.6 Å². The molecule has 0 aliphatic rings. The van der Waals surface area contributed by atoms with Gasteiger partial charge in [0.2, 0.25) is 0 Å². The van der Waals surface area contributed by atoms with Crippen LogP contribution in [0.3, 0.4) is 0 Å². The van der Waals surface area contributed by atoms with Gasteiger partial charge in [0.15, 0.2) is 0 Å². The Bertz CT molecular complexity index is 174. The largest absolute Gasteiger partial charge is 0.481 e. The lowest BCUT2D eigenvalue weighted by atomic mass is 9.93. The molecule has 0 rings (SSSR count). The van der Waals surface area contributed by atoms with Crippen molar-refractivity contribution in [3.63, 3.8) is 0 Å². The molecule has 15 heavy (non-hydrogen) atoms. The lowest BCUT2D eigenvalue weighted by Crippen LogP contribution is -2.38. The first kappa shape index (κ1) is 14.7. The second-order valence-corrected chi connectivity index (χ2v) is 4.08. The van der Waals surface area contributed by atoms with Gasteiger partial charge in [0, 0.05) is 5.75 Å². The Labute approximate surface area is 92.1 Å². The second kappa shape index (κ2) is 7.89. The molecule has 0 saturated heterocycles. The van der Waals surface area contributed by atoms with Crippen molar-refractivity contribution in [2.24, 2.45) is 5.41 Å². The van der Waals surface area contributed by atoms with Crippen LogP contribution in [0.25, 0.3) is 0 Å². The minimum atomic E-state index is -1.06. The first-order valence-electron chi connectivity index (χ1n) is 4.39. The van der Waals surface area contributed by atoms with Crippen LogP contribution in [0.5, 0.6) is 0 Å². The van der Waals surface area contributed by atoms with Crippen LogP contribution in [0.1, 0.15) is 6.42 Å². The first-order valence-corrected chi connectivity index (χ1v) is 5.30. The molecule has 7 heteroatoms. The summed E-state index contributed by atoms with van der Waals surface area (Å²) >= 11 is 0.940. The van der Waals surface area contributed by atoms with Gasteiger partial charge in [0.1, 0.15) is 0 Å². The maximum absolute atomic E-state index is 10.1. The Morgan fingerprint density at radius 3 is 2.13 bits per heavy atom. The fraction of sp³-hybridized carbons (Fsp3) is 0.875. The molecule has 0 spiro atoms. The van der Waals surface area contributed by atoms with E-state index in [0.717, 1.165) is 12.0 Å². The van der Waals surface area contributed by atoms with Crippen LogP contribution in [0.2, 0.25) is 0 Å². The summed E-state index contributed by atoms with van der Waals surface area (Å²) in [5.41, 5.74) is -1.06. The Morgan fingerprint density at radius 1 is 1.20 bits per heavy atom. The van der Waals surface area contributed by atoms with E-state index in [0.29, 0.717) is 0 Å². The topological polar surface area (TPSA) is 107 Å². The smallest absolute Gasteiger partial charge is 0.304 e. The molecule has 0 bridgehead atoms. The third-order valence-corrected chi connectivity index (χ3v) is 2.51. The number of hydrogen-bond acceptors (Lipinski definition) is 6. The third kappa shape index (κ3) is 5.95. The van der Waals surface area contributed by atoms with E-state index in [1.165, 1.54) is 0 Å². The van der Waals surface area contributed by atoms with E-state index >= 15 is 0 Å². The van der Waals surface area contributed by atoms with Crippen LogP contribution >= 0.6 is 12.0 Å². The number of hydrogen-bond donors (Lipinski definition) is 4. The van der Waals surface area contributed by atoms with Crippen molar-refractivity contribution < 1.29 is 29.4 Å². The second-order valence-electron chi connectivity index (χ2n) is 3.20. The molecule has 0 aromatic rings. The molecule has 0 aliphatic carbocycles. The first-order chi connectivity index (χ1) is 7.10. The quantitative estimate of drug-likeness (QED) is 0.305. The molecule has 4 N–H and O–H groups in total. The van der Waals surface area contributed by atoms with Gasteiger partial charge in [-0.2, -0.15) is 0 Å². The van der Waals surface area contributed by atoms with Crippen LogP contribution in [0, 0.1) is 5.41 Å². The molecular weight excluding hydrogens is 224 g/mol. The van der Waals surface area contributed by atoms with Crippen molar-refractivity contribution in [1.82, 2.24) is 0 Å². The Hall–Kier alpha value is -0.340. The monoisotopic (exact) mass is 240 g/mol. The van der Waals surface area contributed by atoms with E-state index in [9.17, 15) is 4.79 Å². The van der Waals surface area contributed by atoms with Crippen molar-refractivity contribution in [3.05, 3.63) is 0 Å². The Morgan fingerprint density at radius 2 is 1.73 bits per heavy atom. The average molecular weight is 240 g/mol. The van der Waals surface area contributed by atoms with Crippen LogP contribution in [0.4, 0.5) is 0 Å². The van der Waals surface area contributed by atoms with Crippen molar-refractivity contribution in [1.29, 1.82) is 0 Å². The summed E-state index contributed by atoms with van der Waals surface area (Å²) in [5.74, 6) is -0.628. The molecule has 0 radical (unpaired) electrons. The zero-order chi connectivity index (χ0) is 11.7. The summed E-state index contributed by atoms with van der Waals surface area (Å²) < 4.78 is 5.00. The molecular formula is C8H16O6S. The minimum Gasteiger partial charge on any atom is -0.481 e. The lowest BCUT2D eigenvalue weighted by Gasteiger charge is -2.26. The van der Waals surface area contributed by atoms with E-state index in [-0.39, 0.29) is 38.6 Å². The van der Waals surface area contributed by atoms with Gasteiger partial charge in [-0.1, -0.05) is 0 Å². The van der Waals surface area contributed by atoms with Gasteiger partial charge in [-0.3, -0.25) is 4.79 Å². The summed E-state index contributed by atoms with van der Waals surface area (Å²) in [4.78, 5) is 10.1. The number of carboxylic acids is 1. The number of aliphatic carboxylic acids is 1. The minimum absolute atomic E-state index is 0.0188. The van der Waals surface area contributed by atoms with Gasteiger partial charge in [-0.05, 0) is 12.0 Å². The number of aliphatic hydroxyl groups excluding tert-OH is 3. The van der Waals surface area contributed by atoms with Crippen molar-refractivity contribution in [2.75, 3.05) is 32.2 Å². The molecule has 90 valence electrons. The highest BCUT2D eigenvalue weighted by Crippen LogP contribution is 2.18. The van der Waals surface area contributed by atoms with Crippen molar-refractivity contribution in [2.45, 2.75) is 6.42 Å². The molecule has 0 saturated carbocycles. The van der Waals surface area contributed by atoms with E-state index in [4.69, 9.17) is 24.6 Å². The van der Waals surface area contributed by atoms with Crippen LogP contribution in [-0.2, 0) is 8.98 Å². The summed E-state index contributed by atoms with van der Waals surface area (Å²) in [5, 5.41) is 35.1. The van der Waals surface area contributed by atoms with Gasteiger partial charge in [0.05, 0.1) is 38.3 Å². The van der Waals surface area contributed by atoms with Crippen LogP contribution in [0.15, 0.2) is 0 Å². The molecule has 0 atom stereocenters. The highest BCUT2D eigenvalue weighted by atomic mass is 32.2. The summed E-state index contributed by atoms with van der Waals surface area (Å²) in [6, 6.07) is 0. The number of carboxylic acid groups (broad SMARTS) is 1. The normalized spacial score (nSPS) is 11.7. The standard InChI is InChI=1S/C8H16O6S/c9-3-8(4-10,5-11)6-14-15-2-1-7(12)13/h9-11H,1-6H2,(H,12,13). The molecule has 0 aromatic carbocycles. The summed E-state index contributed by atoms with van der Waals surface area (Å²) in [6.07, 6.45) is -0.0188. The fourth-order valence-corrected chi connectivity index (χ4v) is 1.35. The highest BCUT2D eigenvalue weighted by Gasteiger charge is 2.28. The molecule has 0 aromatic heterocycles. The Kier molecular flexibility index (Phi) is 7.71. The van der Waals surface area contributed by atoms with E-state index in [2.05, 4.69) is 0 Å². The van der Waals surface area contributed by atoms with Gasteiger partial charge in [0.25, 0.3) is 0 Å². The average Bonchev–Trinajstić information content (AvgIpc) is 2.24. The number of carbonyl (C=O) groups is 1. The predicted octanol–water partition coefficient (Wildman–Crippen LogP) is -0.911. The molecule has 0 fully saturated rings. The number of aliphatic hydroxyl groups is 3. The molecule has 0 aliphatic heterocycles. The molecule has 6 nitrogen and oxygen atoms in total. The number of rotatable bonds is 9. The summed E-state index contributed by atoms with van der Waals surface area (Å²) in [7, 11) is 0. The van der Waals surface area contributed by atoms with E-state index in [1.54, 1.807) is 0 Å². The maximum Gasteiger partial charge on any atom is 0.304 e. The van der Waals surface area contributed by atoms with Gasteiger partial charge < -0.3 is 24.6 Å². The predicted molar refractivity (Wildman–Crippen MR) is 54.4 cm³/mol. The van der Waals surface area contributed by atoms with Crippen LogP contribution < -0.4 is 0 Å². The van der Waals surface area contributed by atoms with Crippen molar-refractivity contribution in [3.8, 4) is 0 Å². The maximum atomic E-state index is 10.1. The van der Waals surface area contributed by atoms with Crippen molar-refractivity contribution >= 4 is 18.0 Å². The van der Waals surface area contributed by atoms with Gasteiger partial charge in [-0.25, -0.2) is 0 Å². The molecule has 0 heterocycles. The van der Waals surface area contributed by atoms with E-state index < -0.39 is 11.4 Å².